The maximum absolute atomic E-state index is 6.26. The third-order valence-corrected chi connectivity index (χ3v) is 5.91. The molecule has 1 saturated heterocycles. The maximum atomic E-state index is 6.26. The standard InChI is InChI=1S/C16H30N2O/c1-19-15-5-3-9-18(11-15)16(12-17)8-2-4-14(10-16)13-6-7-13/h13-15H,2-12,17H2,1H3. The van der Waals surface area contributed by atoms with Crippen LogP contribution in [-0.4, -0.2) is 43.3 Å². The van der Waals surface area contributed by atoms with Crippen molar-refractivity contribution < 1.29 is 4.74 Å². The van der Waals surface area contributed by atoms with Gasteiger partial charge < -0.3 is 10.5 Å². The zero-order chi connectivity index (χ0) is 13.3. The molecule has 3 fully saturated rings. The first kappa shape index (κ1) is 13.8. The Balaban J connectivity index is 1.69. The molecular weight excluding hydrogens is 236 g/mol. The topological polar surface area (TPSA) is 38.5 Å². The van der Waals surface area contributed by atoms with Gasteiger partial charge >= 0.3 is 0 Å². The van der Waals surface area contributed by atoms with E-state index in [9.17, 15) is 0 Å². The van der Waals surface area contributed by atoms with Crippen molar-refractivity contribution in [3.63, 3.8) is 0 Å². The smallest absolute Gasteiger partial charge is 0.0698 e. The molecular formula is C16H30N2O. The number of rotatable bonds is 4. The Morgan fingerprint density at radius 1 is 1.16 bits per heavy atom. The number of nitrogens with two attached hydrogens (primary N) is 1. The van der Waals surface area contributed by atoms with E-state index in [0.717, 1.165) is 24.9 Å². The summed E-state index contributed by atoms with van der Waals surface area (Å²) in [6.07, 6.45) is 11.4. The molecule has 3 heteroatoms. The molecule has 3 unspecified atom stereocenters. The van der Waals surface area contributed by atoms with Gasteiger partial charge in [-0.15, -0.1) is 0 Å². The van der Waals surface area contributed by atoms with Crippen LogP contribution in [0, 0.1) is 11.8 Å². The van der Waals surface area contributed by atoms with Crippen LogP contribution >= 0.6 is 0 Å². The minimum absolute atomic E-state index is 0.294. The minimum atomic E-state index is 0.294. The lowest BCUT2D eigenvalue weighted by Crippen LogP contribution is -2.60. The first-order valence-corrected chi connectivity index (χ1v) is 8.25. The lowest BCUT2D eigenvalue weighted by Gasteiger charge is -2.51. The highest BCUT2D eigenvalue weighted by atomic mass is 16.5. The Hall–Kier alpha value is -0.120. The van der Waals surface area contributed by atoms with Gasteiger partial charge in [0.15, 0.2) is 0 Å². The predicted octanol–water partition coefficient (Wildman–Crippen LogP) is 2.39. The molecule has 1 heterocycles. The van der Waals surface area contributed by atoms with Crippen molar-refractivity contribution in [3.05, 3.63) is 0 Å². The average Bonchev–Trinajstić information content (AvgIpc) is 3.32. The van der Waals surface area contributed by atoms with Gasteiger partial charge in [0.05, 0.1) is 6.10 Å². The van der Waals surface area contributed by atoms with Gasteiger partial charge in [0.2, 0.25) is 0 Å². The van der Waals surface area contributed by atoms with E-state index in [2.05, 4.69) is 4.90 Å². The number of piperidine rings is 1. The molecule has 0 aromatic rings. The number of likely N-dealkylation sites (tertiary alicyclic amines) is 1. The van der Waals surface area contributed by atoms with Crippen molar-refractivity contribution >= 4 is 0 Å². The van der Waals surface area contributed by atoms with Crippen molar-refractivity contribution in [1.29, 1.82) is 0 Å². The van der Waals surface area contributed by atoms with Crippen LogP contribution in [0.3, 0.4) is 0 Å². The lowest BCUT2D eigenvalue weighted by molar-refractivity contribution is -0.0402. The molecule has 0 aromatic carbocycles. The SMILES string of the molecule is COC1CCCN(C2(CN)CCCC(C3CC3)C2)C1. The molecule has 3 aliphatic rings. The van der Waals surface area contributed by atoms with E-state index in [1.165, 1.54) is 57.9 Å². The fourth-order valence-electron chi connectivity index (χ4n) is 4.52. The Labute approximate surface area is 117 Å². The highest BCUT2D eigenvalue weighted by Gasteiger charge is 2.45. The first-order valence-electron chi connectivity index (χ1n) is 8.25. The van der Waals surface area contributed by atoms with Crippen molar-refractivity contribution in [2.75, 3.05) is 26.7 Å². The van der Waals surface area contributed by atoms with Crippen LogP contribution in [0.4, 0.5) is 0 Å². The van der Waals surface area contributed by atoms with E-state index in [1.54, 1.807) is 0 Å². The molecule has 1 aliphatic heterocycles. The summed E-state index contributed by atoms with van der Waals surface area (Å²) >= 11 is 0. The van der Waals surface area contributed by atoms with Crippen molar-refractivity contribution in [3.8, 4) is 0 Å². The van der Waals surface area contributed by atoms with Crippen LogP contribution < -0.4 is 5.73 Å². The van der Waals surface area contributed by atoms with Crippen LogP contribution in [0.2, 0.25) is 0 Å². The summed E-state index contributed by atoms with van der Waals surface area (Å²) in [6.45, 7) is 3.17. The van der Waals surface area contributed by atoms with E-state index in [0.29, 0.717) is 11.6 Å². The third-order valence-electron chi connectivity index (χ3n) is 5.91. The van der Waals surface area contributed by atoms with Gasteiger partial charge in [0, 0.05) is 25.7 Å². The highest BCUT2D eigenvalue weighted by Crippen LogP contribution is 2.48. The second-order valence-corrected chi connectivity index (χ2v) is 7.07. The number of ether oxygens (including phenoxy) is 1. The second kappa shape index (κ2) is 5.71. The van der Waals surface area contributed by atoms with Crippen LogP contribution in [0.15, 0.2) is 0 Å². The number of hydrogen-bond donors (Lipinski definition) is 1. The van der Waals surface area contributed by atoms with E-state index < -0.39 is 0 Å². The molecule has 2 N–H and O–H groups in total. The fraction of sp³-hybridized carbons (Fsp3) is 1.00. The Morgan fingerprint density at radius 2 is 2.00 bits per heavy atom. The van der Waals surface area contributed by atoms with Gasteiger partial charge in [-0.3, -0.25) is 4.90 Å². The minimum Gasteiger partial charge on any atom is -0.380 e. The van der Waals surface area contributed by atoms with Crippen molar-refractivity contribution in [2.45, 2.75) is 63.0 Å². The number of methoxy groups -OCH3 is 1. The van der Waals surface area contributed by atoms with Crippen LogP contribution in [0.1, 0.15) is 51.4 Å². The molecule has 0 spiro atoms. The van der Waals surface area contributed by atoms with E-state index in [1.807, 2.05) is 7.11 Å². The Bertz CT molecular complexity index is 305. The number of nitrogens with zero attached hydrogens (tertiary/aromatic N) is 1. The van der Waals surface area contributed by atoms with E-state index in [4.69, 9.17) is 10.5 Å². The van der Waals surface area contributed by atoms with Crippen LogP contribution in [0.25, 0.3) is 0 Å². The average molecular weight is 266 g/mol. The molecule has 0 bridgehead atoms. The normalized spacial score (nSPS) is 41.4. The summed E-state index contributed by atoms with van der Waals surface area (Å²) in [5, 5.41) is 0. The highest BCUT2D eigenvalue weighted by molar-refractivity contribution is 5.01. The van der Waals surface area contributed by atoms with Gasteiger partial charge in [-0.25, -0.2) is 0 Å². The zero-order valence-electron chi connectivity index (χ0n) is 12.4. The van der Waals surface area contributed by atoms with E-state index >= 15 is 0 Å². The van der Waals surface area contributed by atoms with Gasteiger partial charge in [-0.1, -0.05) is 12.8 Å². The predicted molar refractivity (Wildman–Crippen MR) is 78.1 cm³/mol. The summed E-state index contributed by atoms with van der Waals surface area (Å²) in [7, 11) is 1.86. The molecule has 0 amide bonds. The first-order chi connectivity index (χ1) is 9.27. The van der Waals surface area contributed by atoms with Crippen molar-refractivity contribution in [2.24, 2.45) is 17.6 Å². The Morgan fingerprint density at radius 3 is 2.68 bits per heavy atom. The second-order valence-electron chi connectivity index (χ2n) is 7.07. The van der Waals surface area contributed by atoms with E-state index in [-0.39, 0.29) is 0 Å². The molecule has 19 heavy (non-hydrogen) atoms. The molecule has 2 saturated carbocycles. The summed E-state index contributed by atoms with van der Waals surface area (Å²) < 4.78 is 5.61. The van der Waals surface area contributed by atoms with Crippen LogP contribution in [-0.2, 0) is 4.74 Å². The van der Waals surface area contributed by atoms with Gasteiger partial charge in [-0.2, -0.15) is 0 Å². The largest absolute Gasteiger partial charge is 0.380 e. The third kappa shape index (κ3) is 2.84. The summed E-state index contributed by atoms with van der Waals surface area (Å²) in [6, 6.07) is 0. The summed E-state index contributed by atoms with van der Waals surface area (Å²) in [5.41, 5.74) is 6.55. The monoisotopic (exact) mass is 266 g/mol. The Kier molecular flexibility index (Phi) is 4.16. The van der Waals surface area contributed by atoms with Crippen molar-refractivity contribution in [1.82, 2.24) is 4.90 Å². The molecule has 0 aromatic heterocycles. The van der Waals surface area contributed by atoms with Gasteiger partial charge in [-0.05, 0) is 56.9 Å². The lowest BCUT2D eigenvalue weighted by atomic mass is 9.72. The number of hydrogen-bond acceptors (Lipinski definition) is 3. The van der Waals surface area contributed by atoms with Gasteiger partial charge in [0.25, 0.3) is 0 Å². The molecule has 3 nitrogen and oxygen atoms in total. The molecule has 0 radical (unpaired) electrons. The maximum Gasteiger partial charge on any atom is 0.0698 e. The zero-order valence-corrected chi connectivity index (χ0v) is 12.4. The molecule has 2 aliphatic carbocycles. The molecule has 3 rings (SSSR count). The quantitative estimate of drug-likeness (QED) is 0.849. The van der Waals surface area contributed by atoms with Gasteiger partial charge in [0.1, 0.15) is 0 Å². The molecule has 110 valence electrons. The summed E-state index contributed by atoms with van der Waals surface area (Å²) in [5.74, 6) is 1.99. The summed E-state index contributed by atoms with van der Waals surface area (Å²) in [4.78, 5) is 2.69. The molecule has 3 atom stereocenters. The fourth-order valence-corrected chi connectivity index (χ4v) is 4.52. The van der Waals surface area contributed by atoms with Crippen LogP contribution in [0.5, 0.6) is 0 Å².